The number of benzene rings is 8. The van der Waals surface area contributed by atoms with Crippen molar-refractivity contribution in [2.24, 2.45) is 0 Å². The van der Waals surface area contributed by atoms with E-state index in [0.29, 0.717) is 0 Å². The first-order valence-corrected chi connectivity index (χ1v) is 28.2. The minimum Gasteiger partial charge on any atom is -0.458 e. The molecule has 3 aliphatic rings. The summed E-state index contributed by atoms with van der Waals surface area (Å²) in [5, 5.41) is 4.32. The van der Waals surface area contributed by atoms with Crippen molar-refractivity contribution in [3.63, 3.8) is 0 Å². The van der Waals surface area contributed by atoms with Crippen LogP contribution in [0.15, 0.2) is 188 Å². The van der Waals surface area contributed by atoms with E-state index in [1.807, 2.05) is 6.20 Å². The first-order chi connectivity index (χ1) is 34.8. The number of nitrogens with zero attached hydrogens (tertiary/aromatic N) is 4. The molecule has 0 atom stereocenters. The van der Waals surface area contributed by atoms with E-state index in [-0.39, 0.29) is 5.41 Å². The lowest BCUT2D eigenvalue weighted by Gasteiger charge is -2.34. The number of hydrogen-bond donors (Lipinski definition) is 0. The average molecular weight is 935 g/mol. The lowest BCUT2D eigenvalue weighted by atomic mass is 9.88. The molecule has 3 aromatic heterocycles. The molecule has 71 heavy (non-hydrogen) atoms. The van der Waals surface area contributed by atoms with Gasteiger partial charge in [0.05, 0.1) is 41.5 Å². The lowest BCUT2D eigenvalue weighted by Crippen LogP contribution is -2.49. The van der Waals surface area contributed by atoms with E-state index in [0.717, 1.165) is 67.5 Å². The van der Waals surface area contributed by atoms with E-state index in [1.165, 1.54) is 87.9 Å². The van der Waals surface area contributed by atoms with Crippen LogP contribution in [0.5, 0.6) is 11.5 Å². The monoisotopic (exact) mass is 934 g/mol. The van der Waals surface area contributed by atoms with Crippen LogP contribution in [0, 0.1) is 6.33 Å². The fraction of sp³-hybridized carbons (Fsp3) is 0.169. The molecule has 0 unspecified atom stereocenters. The SMILES string of the molecule is CC(C)(C)c1ccnc(-n2c3cc(Oc4cccc(-n5[c-][n+]6c7c(cccc75)-c5ccccc5-c5ccccc5-c5cccc(-c7ccccc7)c5-6)c4)ccc3c3cc4c(cc32)CCC[Si]42CCCC2)c1. The summed E-state index contributed by atoms with van der Waals surface area (Å²) in [5.41, 5.74) is 18.8. The van der Waals surface area contributed by atoms with Crippen LogP contribution in [-0.4, -0.2) is 22.2 Å². The van der Waals surface area contributed by atoms with Crippen LogP contribution >= 0.6 is 0 Å². The minimum absolute atomic E-state index is 0.0162. The first kappa shape index (κ1) is 42.1. The topological polar surface area (TPSA) is 35.9 Å². The Hall–Kier alpha value is -7.80. The van der Waals surface area contributed by atoms with Crippen molar-refractivity contribution in [1.29, 1.82) is 0 Å². The van der Waals surface area contributed by atoms with Gasteiger partial charge in [0, 0.05) is 23.0 Å². The third-order valence-electron chi connectivity index (χ3n) is 16.1. The number of para-hydroxylation sites is 2. The number of aryl methyl sites for hydroxylation is 1. The number of imidazole rings is 1. The van der Waals surface area contributed by atoms with Crippen LogP contribution in [0.4, 0.5) is 0 Å². The molecule has 0 N–H and O–H groups in total. The smallest absolute Gasteiger partial charge is 0.269 e. The van der Waals surface area contributed by atoms with Crippen LogP contribution in [0.2, 0.25) is 18.1 Å². The van der Waals surface area contributed by atoms with Crippen molar-refractivity contribution in [2.45, 2.75) is 70.0 Å². The van der Waals surface area contributed by atoms with Gasteiger partial charge in [0.1, 0.15) is 17.3 Å². The lowest BCUT2D eigenvalue weighted by molar-refractivity contribution is -0.570. The highest BCUT2D eigenvalue weighted by Crippen LogP contribution is 2.46. The van der Waals surface area contributed by atoms with Gasteiger partial charge in [-0.25, -0.2) is 4.98 Å². The molecular formula is C65H54N4OSi. The van der Waals surface area contributed by atoms with E-state index >= 15 is 0 Å². The zero-order chi connectivity index (χ0) is 47.4. The van der Waals surface area contributed by atoms with E-state index in [2.05, 4.69) is 223 Å². The molecule has 1 saturated heterocycles. The summed E-state index contributed by atoms with van der Waals surface area (Å²) in [6.07, 6.45) is 11.2. The molecule has 8 aromatic carbocycles. The molecule has 1 fully saturated rings. The Balaban J connectivity index is 0.936. The molecule has 0 aliphatic carbocycles. The number of pyridine rings is 1. The second-order valence-electron chi connectivity index (χ2n) is 21.2. The molecule has 14 rings (SSSR count). The van der Waals surface area contributed by atoms with Gasteiger partial charge in [-0.1, -0.05) is 191 Å². The maximum atomic E-state index is 6.99. The van der Waals surface area contributed by atoms with Gasteiger partial charge in [-0.2, -0.15) is 0 Å². The Morgan fingerprint density at radius 3 is 1.99 bits per heavy atom. The Kier molecular flexibility index (Phi) is 9.56. The fourth-order valence-corrected chi connectivity index (χ4v) is 18.3. The fourth-order valence-electron chi connectivity index (χ4n) is 12.7. The third-order valence-corrected chi connectivity index (χ3v) is 21.6. The van der Waals surface area contributed by atoms with E-state index < -0.39 is 8.07 Å². The molecule has 0 radical (unpaired) electrons. The van der Waals surface area contributed by atoms with Gasteiger partial charge in [0.15, 0.2) is 0 Å². The summed E-state index contributed by atoms with van der Waals surface area (Å²) < 4.78 is 13.9. The molecule has 6 heteroatoms. The van der Waals surface area contributed by atoms with E-state index in [1.54, 1.807) is 10.8 Å². The van der Waals surface area contributed by atoms with Crippen LogP contribution in [0.1, 0.15) is 51.2 Å². The quantitative estimate of drug-likeness (QED) is 0.0979. The zero-order valence-electron chi connectivity index (χ0n) is 40.5. The number of hydrogen-bond acceptors (Lipinski definition) is 2. The Morgan fingerprint density at radius 1 is 0.549 bits per heavy atom. The Morgan fingerprint density at radius 2 is 1.20 bits per heavy atom. The summed E-state index contributed by atoms with van der Waals surface area (Å²) in [5.74, 6) is 2.49. The summed E-state index contributed by atoms with van der Waals surface area (Å²) in [6.45, 7) is 6.84. The standard InChI is InChI=1S/C65H54N4OSi/c1-65(2,3)45-32-33-66-62(38-45)69-59-37-44-19-16-36-71(34-11-12-35-71)61(44)41-57(59)54-31-30-48(40-60(54)69)70-47-21-13-20-46(39-47)67-42-68-63-49(43-17-5-4-6-18-43)26-14-27-55(63)52-24-9-7-22-50(52)51-23-8-10-25-53(51)56-28-15-29-58(67)64(56)68/h4-10,13-15,17-18,20-33,37-41H,11-12,16,19,34-36H2,1-3H3. The van der Waals surface area contributed by atoms with E-state index in [9.17, 15) is 0 Å². The highest BCUT2D eigenvalue weighted by molar-refractivity contribution is 6.93. The van der Waals surface area contributed by atoms with Gasteiger partial charge in [-0.15, -0.1) is 0 Å². The highest BCUT2D eigenvalue weighted by Gasteiger charge is 2.41. The van der Waals surface area contributed by atoms with Crippen LogP contribution in [-0.2, 0) is 11.8 Å². The van der Waals surface area contributed by atoms with Crippen molar-refractivity contribution >= 4 is 46.1 Å². The molecule has 6 heterocycles. The number of fused-ring (bicyclic) bond motifs is 12. The van der Waals surface area contributed by atoms with Gasteiger partial charge < -0.3 is 4.74 Å². The third kappa shape index (κ3) is 6.72. The summed E-state index contributed by atoms with van der Waals surface area (Å²) in [4.78, 5) is 5.08. The Bertz CT molecular complexity index is 3940. The first-order valence-electron chi connectivity index (χ1n) is 25.5. The average Bonchev–Trinajstić information content (AvgIpc) is 4.13. The van der Waals surface area contributed by atoms with Gasteiger partial charge in [-0.05, 0) is 116 Å². The second kappa shape index (κ2) is 16.1. The molecule has 0 bridgehead atoms. The van der Waals surface area contributed by atoms with Gasteiger partial charge in [-0.3, -0.25) is 13.7 Å². The van der Waals surface area contributed by atoms with Gasteiger partial charge in [0.2, 0.25) is 0 Å². The number of ether oxygens (including phenoxy) is 1. The predicted molar refractivity (Wildman–Crippen MR) is 294 cm³/mol. The summed E-state index contributed by atoms with van der Waals surface area (Å²) >= 11 is 0. The van der Waals surface area contributed by atoms with Crippen LogP contribution < -0.4 is 14.5 Å². The summed E-state index contributed by atoms with van der Waals surface area (Å²) in [7, 11) is -1.49. The predicted octanol–water partition coefficient (Wildman–Crippen LogP) is 15.7. The molecule has 5 nitrogen and oxygen atoms in total. The number of rotatable bonds is 5. The van der Waals surface area contributed by atoms with Crippen LogP contribution in [0.3, 0.4) is 0 Å². The maximum absolute atomic E-state index is 6.99. The number of aromatic nitrogens is 4. The van der Waals surface area contributed by atoms with Crippen molar-refractivity contribution < 1.29 is 9.30 Å². The molecule has 1 spiro atoms. The molecule has 0 saturated carbocycles. The molecule has 3 aliphatic heterocycles. The normalized spacial score (nSPS) is 14.7. The molecule has 344 valence electrons. The van der Waals surface area contributed by atoms with E-state index in [4.69, 9.17) is 9.72 Å². The van der Waals surface area contributed by atoms with Gasteiger partial charge >= 0.3 is 0 Å². The largest absolute Gasteiger partial charge is 0.458 e. The highest BCUT2D eigenvalue weighted by atomic mass is 28.3. The van der Waals surface area contributed by atoms with Crippen molar-refractivity contribution in [1.82, 2.24) is 14.1 Å². The zero-order valence-corrected chi connectivity index (χ0v) is 41.5. The van der Waals surface area contributed by atoms with Crippen LogP contribution in [0.25, 0.3) is 94.5 Å². The van der Waals surface area contributed by atoms with Gasteiger partial charge in [0.25, 0.3) is 6.33 Å². The Labute approximate surface area is 416 Å². The van der Waals surface area contributed by atoms with Crippen molar-refractivity contribution in [3.8, 4) is 73.2 Å². The second-order valence-corrected chi connectivity index (χ2v) is 25.8. The molecule has 11 aromatic rings. The summed E-state index contributed by atoms with van der Waals surface area (Å²) in [6, 6.07) is 71.0. The minimum atomic E-state index is -1.49. The van der Waals surface area contributed by atoms with Crippen molar-refractivity contribution in [2.75, 3.05) is 0 Å². The molecule has 0 amide bonds. The maximum Gasteiger partial charge on any atom is 0.269 e. The molecular weight excluding hydrogens is 881 g/mol. The van der Waals surface area contributed by atoms with Crippen molar-refractivity contribution in [3.05, 3.63) is 206 Å².